The zero-order valence-electron chi connectivity index (χ0n) is 18.1. The van der Waals surface area contributed by atoms with Crippen molar-refractivity contribution in [3.63, 3.8) is 0 Å². The molecule has 0 aromatic heterocycles. The minimum Gasteiger partial charge on any atom is -0.479 e. The zero-order valence-corrected chi connectivity index (χ0v) is 18.1. The number of nitrogens with zero attached hydrogens (tertiary/aromatic N) is 2. The number of benzene rings is 4. The van der Waals surface area contributed by atoms with Gasteiger partial charge in [0.25, 0.3) is 0 Å². The van der Waals surface area contributed by atoms with Crippen molar-refractivity contribution >= 4 is 11.8 Å². The molecule has 1 heterocycles. The molecule has 4 nitrogen and oxygen atoms in total. The normalized spacial score (nSPS) is 19.8. The van der Waals surface area contributed by atoms with Gasteiger partial charge in [0.2, 0.25) is 5.54 Å². The van der Waals surface area contributed by atoms with Crippen molar-refractivity contribution < 1.29 is 9.90 Å². The molecule has 0 radical (unpaired) electrons. The first-order valence-corrected chi connectivity index (χ1v) is 11.0. The highest BCUT2D eigenvalue weighted by Gasteiger charge is 2.56. The van der Waals surface area contributed by atoms with Gasteiger partial charge in [0.1, 0.15) is 5.84 Å². The minimum absolute atomic E-state index is 0.519. The summed E-state index contributed by atoms with van der Waals surface area (Å²) in [5.41, 5.74) is 2.08. The van der Waals surface area contributed by atoms with E-state index in [0.29, 0.717) is 17.9 Å². The smallest absolute Gasteiger partial charge is 0.338 e. The lowest BCUT2D eigenvalue weighted by molar-refractivity contribution is -0.145. The number of hydrogen-bond acceptors (Lipinski definition) is 3. The van der Waals surface area contributed by atoms with E-state index in [0.717, 1.165) is 16.7 Å². The molecule has 4 heteroatoms. The average Bonchev–Trinajstić information content (AvgIpc) is 3.22. The average molecular weight is 433 g/mol. The first-order chi connectivity index (χ1) is 16.2. The van der Waals surface area contributed by atoms with Crippen molar-refractivity contribution in [3.05, 3.63) is 144 Å². The number of amidine groups is 1. The summed E-state index contributed by atoms with van der Waals surface area (Å²) in [4.78, 5) is 20.3. The summed E-state index contributed by atoms with van der Waals surface area (Å²) in [5, 5.41) is 10.8. The number of carbonyl (C=O) groups is 1. The molecular formula is C29H24N2O2. The summed E-state index contributed by atoms with van der Waals surface area (Å²) in [6.07, 6.45) is 0. The summed E-state index contributed by atoms with van der Waals surface area (Å²) in [7, 11) is 0. The van der Waals surface area contributed by atoms with Gasteiger partial charge < -0.3 is 10.0 Å². The Balaban J connectivity index is 1.78. The Labute approximate surface area is 193 Å². The molecule has 33 heavy (non-hydrogen) atoms. The van der Waals surface area contributed by atoms with Crippen molar-refractivity contribution in [3.8, 4) is 0 Å². The zero-order chi connectivity index (χ0) is 22.7. The van der Waals surface area contributed by atoms with E-state index in [1.54, 1.807) is 0 Å². The van der Waals surface area contributed by atoms with Crippen LogP contribution in [0.2, 0.25) is 0 Å². The van der Waals surface area contributed by atoms with E-state index >= 15 is 0 Å². The van der Waals surface area contributed by atoms with Gasteiger partial charge in [-0.25, -0.2) is 9.79 Å². The fraction of sp³-hybridized carbons (Fsp3) is 0.103. The fourth-order valence-corrected chi connectivity index (χ4v) is 4.66. The third-order valence-electron chi connectivity index (χ3n) is 6.14. The molecule has 4 aromatic carbocycles. The molecular weight excluding hydrogens is 408 g/mol. The number of carboxylic acid groups (broad SMARTS) is 1. The van der Waals surface area contributed by atoms with Crippen LogP contribution in [0.15, 0.2) is 126 Å². The highest BCUT2D eigenvalue weighted by Crippen LogP contribution is 2.49. The van der Waals surface area contributed by atoms with Gasteiger partial charge in [-0.3, -0.25) is 0 Å². The Morgan fingerprint density at radius 3 is 1.85 bits per heavy atom. The molecule has 0 unspecified atom stereocenters. The Hall–Kier alpha value is -4.18. The van der Waals surface area contributed by atoms with Crippen molar-refractivity contribution in [2.24, 2.45) is 4.99 Å². The first-order valence-electron chi connectivity index (χ1n) is 11.0. The third kappa shape index (κ3) is 3.70. The Kier molecular flexibility index (Phi) is 5.49. The van der Waals surface area contributed by atoms with Gasteiger partial charge in [0.15, 0.2) is 0 Å². The monoisotopic (exact) mass is 432 g/mol. The van der Waals surface area contributed by atoms with Crippen LogP contribution in [0.4, 0.5) is 0 Å². The van der Waals surface area contributed by atoms with Gasteiger partial charge in [-0.05, 0) is 16.7 Å². The summed E-state index contributed by atoms with van der Waals surface area (Å²) in [5.74, 6) is -0.286. The van der Waals surface area contributed by atoms with Crippen molar-refractivity contribution in [1.82, 2.24) is 4.90 Å². The third-order valence-corrected chi connectivity index (χ3v) is 6.14. The van der Waals surface area contributed by atoms with E-state index in [2.05, 4.69) is 17.0 Å². The lowest BCUT2D eigenvalue weighted by atomic mass is 9.80. The minimum atomic E-state index is -1.48. The molecule has 2 atom stereocenters. The molecule has 1 N–H and O–H groups in total. The predicted octanol–water partition coefficient (Wildman–Crippen LogP) is 5.67. The first kappa shape index (κ1) is 20.7. The van der Waals surface area contributed by atoms with Crippen LogP contribution in [0.5, 0.6) is 0 Å². The summed E-state index contributed by atoms with van der Waals surface area (Å²) < 4.78 is 0. The van der Waals surface area contributed by atoms with Crippen LogP contribution in [0.3, 0.4) is 0 Å². The molecule has 0 aliphatic carbocycles. The molecule has 5 rings (SSSR count). The maximum atomic E-state index is 13.1. The van der Waals surface area contributed by atoms with E-state index in [4.69, 9.17) is 4.99 Å². The maximum absolute atomic E-state index is 13.1. The van der Waals surface area contributed by atoms with Crippen LogP contribution in [0.25, 0.3) is 0 Å². The van der Waals surface area contributed by atoms with Crippen LogP contribution < -0.4 is 0 Å². The molecule has 4 aromatic rings. The molecule has 0 fully saturated rings. The Morgan fingerprint density at radius 2 is 1.27 bits per heavy atom. The Bertz CT molecular complexity index is 1260. The molecule has 0 bridgehead atoms. The van der Waals surface area contributed by atoms with E-state index in [1.165, 1.54) is 0 Å². The van der Waals surface area contributed by atoms with Crippen LogP contribution in [-0.4, -0.2) is 21.8 Å². The van der Waals surface area contributed by atoms with Gasteiger partial charge in [-0.15, -0.1) is 0 Å². The molecule has 1 aliphatic rings. The lowest BCUT2D eigenvalue weighted by Gasteiger charge is -2.36. The topological polar surface area (TPSA) is 52.9 Å². The highest BCUT2D eigenvalue weighted by atomic mass is 16.4. The molecule has 0 saturated carbocycles. The second-order valence-corrected chi connectivity index (χ2v) is 8.17. The van der Waals surface area contributed by atoms with Crippen molar-refractivity contribution in [2.75, 3.05) is 0 Å². The van der Waals surface area contributed by atoms with E-state index in [9.17, 15) is 9.90 Å². The summed E-state index contributed by atoms with van der Waals surface area (Å²) >= 11 is 0. The van der Waals surface area contributed by atoms with E-state index < -0.39 is 17.6 Å². The van der Waals surface area contributed by atoms with Gasteiger partial charge in [-0.2, -0.15) is 0 Å². The predicted molar refractivity (Wildman–Crippen MR) is 130 cm³/mol. The summed E-state index contributed by atoms with van der Waals surface area (Å²) in [6.45, 7) is 0.538. The van der Waals surface area contributed by atoms with Gasteiger partial charge in [0, 0.05) is 12.1 Å². The quantitative estimate of drug-likeness (QED) is 0.427. The molecule has 1 aliphatic heterocycles. The maximum Gasteiger partial charge on any atom is 0.338 e. The van der Waals surface area contributed by atoms with Gasteiger partial charge >= 0.3 is 5.97 Å². The second-order valence-electron chi connectivity index (χ2n) is 8.17. The number of aliphatic carboxylic acids is 1. The Morgan fingerprint density at radius 1 is 0.758 bits per heavy atom. The van der Waals surface area contributed by atoms with Crippen LogP contribution >= 0.6 is 0 Å². The number of aliphatic imine (C=N–C) groups is 1. The highest BCUT2D eigenvalue weighted by molar-refractivity contribution is 6.04. The summed E-state index contributed by atoms with van der Waals surface area (Å²) in [6, 6.07) is 38.7. The second kappa shape index (κ2) is 8.75. The largest absolute Gasteiger partial charge is 0.479 e. The lowest BCUT2D eigenvalue weighted by Crippen LogP contribution is -2.43. The molecule has 0 saturated heterocycles. The van der Waals surface area contributed by atoms with Gasteiger partial charge in [-0.1, -0.05) is 121 Å². The number of carboxylic acids is 1. The van der Waals surface area contributed by atoms with E-state index in [1.807, 2.05) is 109 Å². The number of rotatable bonds is 6. The van der Waals surface area contributed by atoms with E-state index in [-0.39, 0.29) is 0 Å². The van der Waals surface area contributed by atoms with Gasteiger partial charge in [0.05, 0.1) is 6.04 Å². The van der Waals surface area contributed by atoms with Crippen LogP contribution in [0.1, 0.15) is 28.3 Å². The number of hydrogen-bond donors (Lipinski definition) is 1. The van der Waals surface area contributed by atoms with Crippen molar-refractivity contribution in [2.45, 2.75) is 18.1 Å². The van der Waals surface area contributed by atoms with Crippen LogP contribution in [0, 0.1) is 0 Å². The standard InChI is InChI=1S/C29H24N2O2/c32-28(33)29(25-19-11-4-12-20-25)26(23-15-7-2-8-16-23)31(21-22-13-5-1-6-14-22)27(30-29)24-17-9-3-10-18-24/h1-20,26H,21H2,(H,32,33)/t26-,29-/m0/s1. The SMILES string of the molecule is O=C(O)[C@@]1(c2ccccc2)N=C(c2ccccc2)N(Cc2ccccc2)[C@H]1c1ccccc1. The molecule has 0 amide bonds. The van der Waals surface area contributed by atoms with Crippen molar-refractivity contribution in [1.29, 1.82) is 0 Å². The molecule has 162 valence electrons. The fourth-order valence-electron chi connectivity index (χ4n) is 4.66. The van der Waals surface area contributed by atoms with Crippen LogP contribution in [-0.2, 0) is 16.9 Å². The molecule has 0 spiro atoms.